The molecule has 6 heteroatoms. The van der Waals surface area contributed by atoms with E-state index in [2.05, 4.69) is 5.32 Å². The fourth-order valence-corrected chi connectivity index (χ4v) is 1.25. The number of carbonyl (C=O) groups excluding carboxylic acids is 2. The van der Waals surface area contributed by atoms with Crippen molar-refractivity contribution in [1.29, 1.82) is 0 Å². The lowest BCUT2D eigenvalue weighted by Crippen LogP contribution is -2.36. The van der Waals surface area contributed by atoms with E-state index in [1.54, 1.807) is 0 Å². The smallest absolute Gasteiger partial charge is 0.257 e. The summed E-state index contributed by atoms with van der Waals surface area (Å²) < 4.78 is 12.9. The van der Waals surface area contributed by atoms with Gasteiger partial charge in [-0.15, -0.1) is 0 Å². The number of benzene rings is 1. The second kappa shape index (κ2) is 5.29. The lowest BCUT2D eigenvalue weighted by Gasteiger charge is -2.16. The molecule has 0 radical (unpaired) electrons. The Bertz CT molecular complexity index is 448. The molecule has 0 unspecified atom stereocenters. The number of nitrogens with one attached hydrogen (secondary N) is 1. The number of rotatable bonds is 3. The lowest BCUT2D eigenvalue weighted by atomic mass is 10.1. The van der Waals surface area contributed by atoms with Crippen molar-refractivity contribution in [3.8, 4) is 5.75 Å². The summed E-state index contributed by atoms with van der Waals surface area (Å²) in [7, 11) is 2.84. The molecular formula is C11H13FN2O3. The van der Waals surface area contributed by atoms with Crippen LogP contribution in [0.3, 0.4) is 0 Å². The van der Waals surface area contributed by atoms with Crippen molar-refractivity contribution in [1.82, 2.24) is 10.2 Å². The number of halogens is 1. The van der Waals surface area contributed by atoms with Gasteiger partial charge < -0.3 is 15.3 Å². The molecule has 0 saturated carbocycles. The molecule has 0 heterocycles. The van der Waals surface area contributed by atoms with E-state index in [4.69, 9.17) is 0 Å². The van der Waals surface area contributed by atoms with E-state index < -0.39 is 11.7 Å². The first kappa shape index (κ1) is 13.0. The van der Waals surface area contributed by atoms with Crippen LogP contribution in [0, 0.1) is 5.82 Å². The molecule has 2 N–H and O–H groups in total. The number of phenols is 1. The number of nitrogens with zero attached hydrogens (tertiary/aromatic N) is 1. The van der Waals surface area contributed by atoms with Crippen molar-refractivity contribution in [2.45, 2.75) is 0 Å². The Morgan fingerprint density at radius 3 is 2.71 bits per heavy atom. The van der Waals surface area contributed by atoms with Gasteiger partial charge >= 0.3 is 0 Å². The maximum absolute atomic E-state index is 12.9. The number of likely N-dealkylation sites (N-methyl/N-ethyl adjacent to an activating group) is 2. The first-order chi connectivity index (χ1) is 7.95. The van der Waals surface area contributed by atoms with E-state index in [0.29, 0.717) is 0 Å². The standard InChI is InChI=1S/C11H13FN2O3/c1-13-10(16)6-14(2)11(17)8-5-7(12)3-4-9(8)15/h3-5,15H,6H2,1-2H3,(H,13,16). The second-order valence-electron chi connectivity index (χ2n) is 3.50. The number of phenolic OH excluding ortho intramolecular Hbond substituents is 1. The molecule has 0 aliphatic carbocycles. The van der Waals surface area contributed by atoms with Crippen LogP contribution in [-0.2, 0) is 4.79 Å². The van der Waals surface area contributed by atoms with Crippen LogP contribution in [0.1, 0.15) is 10.4 Å². The van der Waals surface area contributed by atoms with Crippen molar-refractivity contribution < 1.29 is 19.1 Å². The van der Waals surface area contributed by atoms with Crippen LogP contribution >= 0.6 is 0 Å². The highest BCUT2D eigenvalue weighted by molar-refractivity contribution is 5.98. The largest absolute Gasteiger partial charge is 0.507 e. The van der Waals surface area contributed by atoms with E-state index in [1.165, 1.54) is 14.1 Å². The summed E-state index contributed by atoms with van der Waals surface area (Å²) in [6.45, 7) is -0.161. The van der Waals surface area contributed by atoms with Gasteiger partial charge in [-0.3, -0.25) is 9.59 Å². The van der Waals surface area contributed by atoms with Crippen LogP contribution in [0.25, 0.3) is 0 Å². The molecule has 1 aromatic rings. The minimum Gasteiger partial charge on any atom is -0.507 e. The van der Waals surface area contributed by atoms with Crippen molar-refractivity contribution in [2.24, 2.45) is 0 Å². The average molecular weight is 240 g/mol. The number of carbonyl (C=O) groups is 2. The van der Waals surface area contributed by atoms with E-state index in [9.17, 15) is 19.1 Å². The summed E-state index contributed by atoms with van der Waals surface area (Å²) in [6, 6.07) is 3.07. The number of hydrogen-bond acceptors (Lipinski definition) is 3. The van der Waals surface area contributed by atoms with Crippen LogP contribution in [0.15, 0.2) is 18.2 Å². The Morgan fingerprint density at radius 2 is 2.12 bits per heavy atom. The molecule has 0 fully saturated rings. The first-order valence-corrected chi connectivity index (χ1v) is 4.90. The molecule has 0 aliphatic heterocycles. The molecule has 0 aliphatic rings. The Balaban J connectivity index is 2.88. The van der Waals surface area contributed by atoms with Gasteiger partial charge in [0.05, 0.1) is 12.1 Å². The molecule has 0 saturated heterocycles. The minimum absolute atomic E-state index is 0.161. The lowest BCUT2D eigenvalue weighted by molar-refractivity contribution is -0.121. The van der Waals surface area contributed by atoms with Crippen LogP contribution in [-0.4, -0.2) is 42.5 Å². The van der Waals surface area contributed by atoms with Crippen molar-refractivity contribution >= 4 is 11.8 Å². The highest BCUT2D eigenvalue weighted by Gasteiger charge is 2.18. The third kappa shape index (κ3) is 3.17. The molecule has 17 heavy (non-hydrogen) atoms. The van der Waals surface area contributed by atoms with Crippen LogP contribution in [0.2, 0.25) is 0 Å². The summed E-state index contributed by atoms with van der Waals surface area (Å²) >= 11 is 0. The van der Waals surface area contributed by atoms with Gasteiger partial charge in [-0.2, -0.15) is 0 Å². The zero-order chi connectivity index (χ0) is 13.0. The molecule has 5 nitrogen and oxygen atoms in total. The predicted molar refractivity (Wildman–Crippen MR) is 59.1 cm³/mol. The quantitative estimate of drug-likeness (QED) is 0.801. The fourth-order valence-electron chi connectivity index (χ4n) is 1.25. The van der Waals surface area contributed by atoms with Gasteiger partial charge in [0.2, 0.25) is 5.91 Å². The monoisotopic (exact) mass is 240 g/mol. The van der Waals surface area contributed by atoms with Crippen molar-refractivity contribution in [2.75, 3.05) is 20.6 Å². The molecular weight excluding hydrogens is 227 g/mol. The zero-order valence-electron chi connectivity index (χ0n) is 9.53. The highest BCUT2D eigenvalue weighted by Crippen LogP contribution is 2.19. The summed E-state index contributed by atoms with van der Waals surface area (Å²) in [6.07, 6.45) is 0. The van der Waals surface area contributed by atoms with Gasteiger partial charge in [0, 0.05) is 14.1 Å². The molecule has 2 amide bonds. The third-order valence-corrected chi connectivity index (χ3v) is 2.20. The molecule has 92 valence electrons. The molecule has 0 aromatic heterocycles. The Morgan fingerprint density at radius 1 is 1.47 bits per heavy atom. The Labute approximate surface area is 97.8 Å². The molecule has 1 aromatic carbocycles. The van der Waals surface area contributed by atoms with Gasteiger partial charge in [0.25, 0.3) is 5.91 Å². The molecule has 1 rings (SSSR count). The summed E-state index contributed by atoms with van der Waals surface area (Å²) in [5, 5.41) is 11.8. The maximum atomic E-state index is 12.9. The number of amides is 2. The van der Waals surface area contributed by atoms with E-state index in [1.807, 2.05) is 0 Å². The normalized spacial score (nSPS) is 9.82. The highest BCUT2D eigenvalue weighted by atomic mass is 19.1. The van der Waals surface area contributed by atoms with Crippen LogP contribution in [0.5, 0.6) is 5.75 Å². The maximum Gasteiger partial charge on any atom is 0.257 e. The minimum atomic E-state index is -0.625. The second-order valence-corrected chi connectivity index (χ2v) is 3.50. The summed E-state index contributed by atoms with van der Waals surface area (Å²) in [4.78, 5) is 23.9. The van der Waals surface area contributed by atoms with E-state index in [-0.39, 0.29) is 23.8 Å². The van der Waals surface area contributed by atoms with Gasteiger partial charge in [0.15, 0.2) is 0 Å². The van der Waals surface area contributed by atoms with Gasteiger partial charge in [-0.1, -0.05) is 0 Å². The molecule has 0 bridgehead atoms. The summed E-state index contributed by atoms with van der Waals surface area (Å²) in [5.41, 5.74) is -0.170. The SMILES string of the molecule is CNC(=O)CN(C)C(=O)c1cc(F)ccc1O. The zero-order valence-corrected chi connectivity index (χ0v) is 9.53. The van der Waals surface area contributed by atoms with Crippen LogP contribution < -0.4 is 5.32 Å². The molecule has 0 spiro atoms. The summed E-state index contributed by atoms with van der Waals surface area (Å²) in [5.74, 6) is -1.91. The van der Waals surface area contributed by atoms with E-state index >= 15 is 0 Å². The first-order valence-electron chi connectivity index (χ1n) is 4.90. The van der Waals surface area contributed by atoms with Gasteiger partial charge in [-0.25, -0.2) is 4.39 Å². The molecule has 0 atom stereocenters. The van der Waals surface area contributed by atoms with Crippen molar-refractivity contribution in [3.05, 3.63) is 29.6 Å². The predicted octanol–water partition coefficient (Wildman–Crippen LogP) is 0.349. The van der Waals surface area contributed by atoms with Crippen molar-refractivity contribution in [3.63, 3.8) is 0 Å². The van der Waals surface area contributed by atoms with Crippen LogP contribution in [0.4, 0.5) is 4.39 Å². The number of hydrogen-bond donors (Lipinski definition) is 2. The van der Waals surface area contributed by atoms with Gasteiger partial charge in [0.1, 0.15) is 11.6 Å². The Kier molecular flexibility index (Phi) is 4.03. The topological polar surface area (TPSA) is 69.6 Å². The third-order valence-electron chi connectivity index (χ3n) is 2.20. The number of aromatic hydroxyl groups is 1. The van der Waals surface area contributed by atoms with Gasteiger partial charge in [-0.05, 0) is 18.2 Å². The van der Waals surface area contributed by atoms with E-state index in [0.717, 1.165) is 23.1 Å². The Hall–Kier alpha value is -2.11. The fraction of sp³-hybridized carbons (Fsp3) is 0.273. The average Bonchev–Trinajstić information content (AvgIpc) is 2.31.